The summed E-state index contributed by atoms with van der Waals surface area (Å²) in [4.78, 5) is 64.8. The highest BCUT2D eigenvalue weighted by Gasteiger charge is 2.31. The zero-order valence-electron chi connectivity index (χ0n) is 25.2. The Kier molecular flexibility index (Phi) is 15.1. The summed E-state index contributed by atoms with van der Waals surface area (Å²) in [5.41, 5.74) is 5.91. The lowest BCUT2D eigenvalue weighted by atomic mass is 10.1. The molecule has 0 aliphatic carbocycles. The van der Waals surface area contributed by atoms with Crippen LogP contribution in [0.3, 0.4) is 0 Å². The summed E-state index contributed by atoms with van der Waals surface area (Å²) in [6.07, 6.45) is 0.858. The van der Waals surface area contributed by atoms with Crippen LogP contribution in [0.1, 0.15) is 94.4 Å². The average molecular weight is 571 g/mol. The molecule has 0 heterocycles. The van der Waals surface area contributed by atoms with Crippen LogP contribution < -0.4 is 16.0 Å². The summed E-state index contributed by atoms with van der Waals surface area (Å²) in [6.45, 7) is 15.2. The Hall–Kier alpha value is -3.54. The second-order valence-electron chi connectivity index (χ2n) is 12.1. The van der Waals surface area contributed by atoms with Crippen molar-refractivity contribution in [1.82, 2.24) is 16.0 Å². The van der Waals surface area contributed by atoms with Gasteiger partial charge < -0.3 is 30.2 Å². The molecular weight excluding hydrogens is 524 g/mol. The molecule has 0 aromatic rings. The van der Waals surface area contributed by atoms with Gasteiger partial charge in [0.1, 0.15) is 35.4 Å². The first-order valence-electron chi connectivity index (χ1n) is 13.2. The molecule has 0 spiro atoms. The van der Waals surface area contributed by atoms with Crippen molar-refractivity contribution in [3.63, 3.8) is 0 Å². The Morgan fingerprint density at radius 1 is 0.750 bits per heavy atom. The van der Waals surface area contributed by atoms with E-state index in [1.165, 1.54) is 0 Å². The maximum absolute atomic E-state index is 12.9. The van der Waals surface area contributed by atoms with E-state index < -0.39 is 58.7 Å². The van der Waals surface area contributed by atoms with Gasteiger partial charge in [0.25, 0.3) is 0 Å². The van der Waals surface area contributed by atoms with E-state index in [2.05, 4.69) is 26.0 Å². The van der Waals surface area contributed by atoms with Crippen LogP contribution in [0.5, 0.6) is 0 Å². The summed E-state index contributed by atoms with van der Waals surface area (Å²) in [7, 11) is 0. The lowest BCUT2D eigenvalue weighted by Crippen LogP contribution is -2.53. The fourth-order valence-corrected chi connectivity index (χ4v) is 3.11. The van der Waals surface area contributed by atoms with E-state index in [9.17, 15) is 24.0 Å². The van der Waals surface area contributed by atoms with Gasteiger partial charge in [-0.1, -0.05) is 5.11 Å². The van der Waals surface area contributed by atoms with Gasteiger partial charge in [-0.25, -0.2) is 14.4 Å². The molecule has 14 heteroatoms. The first-order chi connectivity index (χ1) is 18.2. The van der Waals surface area contributed by atoms with Crippen LogP contribution in [0.4, 0.5) is 4.79 Å². The van der Waals surface area contributed by atoms with E-state index in [1.54, 1.807) is 62.3 Å². The van der Waals surface area contributed by atoms with E-state index in [0.29, 0.717) is 12.8 Å². The molecule has 40 heavy (non-hydrogen) atoms. The van der Waals surface area contributed by atoms with E-state index in [1.807, 2.05) is 0 Å². The number of carbonyl (C=O) groups excluding carboxylic acids is 5. The molecule has 228 valence electrons. The Bertz CT molecular complexity index is 927. The standard InChI is InChI=1S/C26H46N6O8/c1-24(2,3)38-20(34)14-13-18(22(36)40-26(7,8)9)31-23(37)30-17(21(35)39-25(4,5)6)12-10-11-15-28-19(33)16-29-32-27/h17-18H,10-16H2,1-9H3,(H,28,33)(H2,30,31,37)/t17?,18-/m0/s1. The van der Waals surface area contributed by atoms with Gasteiger partial charge in [-0.05, 0) is 93.5 Å². The van der Waals surface area contributed by atoms with Crippen LogP contribution in [0.2, 0.25) is 0 Å². The lowest BCUT2D eigenvalue weighted by Gasteiger charge is -2.27. The van der Waals surface area contributed by atoms with Gasteiger partial charge in [0, 0.05) is 17.9 Å². The van der Waals surface area contributed by atoms with Gasteiger partial charge in [-0.2, -0.15) is 0 Å². The fourth-order valence-electron chi connectivity index (χ4n) is 3.11. The molecule has 0 aliphatic rings. The zero-order valence-corrected chi connectivity index (χ0v) is 25.2. The third kappa shape index (κ3) is 19.5. The molecule has 0 aromatic heterocycles. The molecule has 0 radical (unpaired) electrons. The van der Waals surface area contributed by atoms with E-state index >= 15 is 0 Å². The molecule has 0 bridgehead atoms. The maximum atomic E-state index is 12.9. The summed E-state index contributed by atoms with van der Waals surface area (Å²) < 4.78 is 16.1. The molecule has 0 rings (SSSR count). The molecule has 0 aliphatic heterocycles. The number of nitrogens with zero attached hydrogens (tertiary/aromatic N) is 3. The molecule has 2 atom stereocenters. The van der Waals surface area contributed by atoms with E-state index in [0.717, 1.165) is 0 Å². The Morgan fingerprint density at radius 3 is 1.68 bits per heavy atom. The second kappa shape index (κ2) is 16.5. The highest BCUT2D eigenvalue weighted by atomic mass is 16.6. The van der Waals surface area contributed by atoms with Crippen molar-refractivity contribution in [2.75, 3.05) is 13.1 Å². The number of hydrogen-bond donors (Lipinski definition) is 3. The fraction of sp³-hybridized carbons (Fsp3) is 0.808. The molecule has 3 N–H and O–H groups in total. The minimum Gasteiger partial charge on any atom is -0.460 e. The topological polar surface area (TPSA) is 198 Å². The van der Waals surface area contributed by atoms with Crippen LogP contribution in [0.25, 0.3) is 10.4 Å². The highest BCUT2D eigenvalue weighted by Crippen LogP contribution is 2.15. The summed E-state index contributed by atoms with van der Waals surface area (Å²) in [5, 5.41) is 10.8. The number of nitrogens with one attached hydrogen (secondary N) is 3. The molecule has 14 nitrogen and oxygen atoms in total. The van der Waals surface area contributed by atoms with Gasteiger partial charge in [0.2, 0.25) is 5.91 Å². The minimum absolute atomic E-state index is 0.0795. The Balaban J connectivity index is 5.38. The highest BCUT2D eigenvalue weighted by molar-refractivity contribution is 5.87. The molecule has 1 unspecified atom stereocenters. The van der Waals surface area contributed by atoms with Crippen LogP contribution in [-0.4, -0.2) is 71.8 Å². The van der Waals surface area contributed by atoms with Crippen LogP contribution in [0.15, 0.2) is 5.11 Å². The summed E-state index contributed by atoms with van der Waals surface area (Å²) >= 11 is 0. The smallest absolute Gasteiger partial charge is 0.329 e. The van der Waals surface area contributed by atoms with Crippen molar-refractivity contribution in [2.24, 2.45) is 5.11 Å². The Morgan fingerprint density at radius 2 is 1.23 bits per heavy atom. The molecule has 0 saturated heterocycles. The van der Waals surface area contributed by atoms with Crippen LogP contribution >= 0.6 is 0 Å². The number of urea groups is 1. The van der Waals surface area contributed by atoms with Crippen molar-refractivity contribution in [3.8, 4) is 0 Å². The number of azide groups is 1. The maximum Gasteiger partial charge on any atom is 0.329 e. The van der Waals surface area contributed by atoms with Crippen molar-refractivity contribution >= 4 is 29.8 Å². The lowest BCUT2D eigenvalue weighted by molar-refractivity contribution is -0.159. The number of ether oxygens (including phenoxy) is 3. The van der Waals surface area contributed by atoms with Crippen molar-refractivity contribution in [1.29, 1.82) is 0 Å². The first kappa shape index (κ1) is 36.5. The second-order valence-corrected chi connectivity index (χ2v) is 12.1. The van der Waals surface area contributed by atoms with Crippen LogP contribution in [-0.2, 0) is 33.4 Å². The SMILES string of the molecule is CC(C)(C)OC(=O)CC[C@H](NC(=O)NC(CCCCNC(=O)CN=[N+]=[N-])C(=O)OC(C)(C)C)C(=O)OC(C)(C)C. The number of amides is 3. The van der Waals surface area contributed by atoms with Crippen molar-refractivity contribution in [3.05, 3.63) is 10.4 Å². The quantitative estimate of drug-likeness (QED) is 0.0704. The van der Waals surface area contributed by atoms with E-state index in [-0.39, 0.29) is 32.4 Å². The van der Waals surface area contributed by atoms with Gasteiger partial charge >= 0.3 is 23.9 Å². The average Bonchev–Trinajstić information content (AvgIpc) is 2.75. The number of unbranched alkanes of at least 4 members (excludes halogenated alkanes) is 1. The molecule has 0 fully saturated rings. The van der Waals surface area contributed by atoms with Gasteiger partial charge in [-0.3, -0.25) is 9.59 Å². The van der Waals surface area contributed by atoms with Crippen LogP contribution in [0, 0.1) is 0 Å². The third-order valence-electron chi connectivity index (χ3n) is 4.57. The predicted molar refractivity (Wildman–Crippen MR) is 147 cm³/mol. The zero-order chi connectivity index (χ0) is 31.1. The predicted octanol–water partition coefficient (Wildman–Crippen LogP) is 3.42. The van der Waals surface area contributed by atoms with E-state index in [4.69, 9.17) is 19.7 Å². The normalized spacial score (nSPS) is 13.1. The number of rotatable bonds is 14. The van der Waals surface area contributed by atoms with Crippen molar-refractivity contribution in [2.45, 2.75) is 123 Å². The largest absolute Gasteiger partial charge is 0.460 e. The number of carbonyl (C=O) groups is 5. The monoisotopic (exact) mass is 570 g/mol. The molecule has 0 aromatic carbocycles. The van der Waals surface area contributed by atoms with Gasteiger partial charge in [-0.15, -0.1) is 0 Å². The third-order valence-corrected chi connectivity index (χ3v) is 4.57. The summed E-state index contributed by atoms with van der Waals surface area (Å²) in [6, 6.07) is -3.06. The molecular formula is C26H46N6O8. The number of esters is 3. The van der Waals surface area contributed by atoms with Gasteiger partial charge in [0.15, 0.2) is 0 Å². The molecule has 3 amide bonds. The van der Waals surface area contributed by atoms with Crippen molar-refractivity contribution < 1.29 is 38.2 Å². The first-order valence-corrected chi connectivity index (χ1v) is 13.2. The summed E-state index contributed by atoms with van der Waals surface area (Å²) in [5.74, 6) is -2.38. The molecule has 0 saturated carbocycles. The number of hydrogen-bond acceptors (Lipinski definition) is 9. The minimum atomic E-state index is -1.18. The Labute approximate surface area is 236 Å². The van der Waals surface area contributed by atoms with Gasteiger partial charge in [0.05, 0.1) is 0 Å².